The van der Waals surface area contributed by atoms with Crippen molar-refractivity contribution in [2.24, 2.45) is 0 Å². The molecule has 1 aliphatic rings. The molecule has 0 aromatic carbocycles. The van der Waals surface area contributed by atoms with E-state index in [4.69, 9.17) is 10.4 Å². The van der Waals surface area contributed by atoms with Crippen LogP contribution in [0.3, 0.4) is 0 Å². The first kappa shape index (κ1) is 14.1. The van der Waals surface area contributed by atoms with Crippen molar-refractivity contribution >= 4 is 0 Å². The molecule has 0 bridgehead atoms. The lowest BCUT2D eigenvalue weighted by Crippen LogP contribution is -2.26. The summed E-state index contributed by atoms with van der Waals surface area (Å²) in [6.07, 6.45) is 7.51. The third kappa shape index (κ3) is 3.81. The fraction of sp³-hybridized carbons (Fsp3) is 0.733. The molecule has 1 aromatic rings. The van der Waals surface area contributed by atoms with Crippen LogP contribution in [0.2, 0.25) is 0 Å². The van der Waals surface area contributed by atoms with Crippen molar-refractivity contribution in [2.45, 2.75) is 64.6 Å². The van der Waals surface area contributed by atoms with Crippen LogP contribution in [0.1, 0.15) is 57.7 Å². The van der Waals surface area contributed by atoms with E-state index in [0.717, 1.165) is 31.6 Å². The van der Waals surface area contributed by atoms with Gasteiger partial charge in [0, 0.05) is 31.7 Å². The Balaban J connectivity index is 1.95. The van der Waals surface area contributed by atoms with E-state index < -0.39 is 0 Å². The number of hydrogen-bond donors (Lipinski definition) is 0. The second-order valence-corrected chi connectivity index (χ2v) is 5.37. The minimum absolute atomic E-state index is 0.516. The average molecular weight is 260 g/mol. The van der Waals surface area contributed by atoms with Gasteiger partial charge in [-0.15, -0.1) is 0 Å². The van der Waals surface area contributed by atoms with E-state index in [9.17, 15) is 0 Å². The minimum Gasteiger partial charge on any atom is -0.293 e. The zero-order valence-corrected chi connectivity index (χ0v) is 12.0. The molecule has 0 N–H and O–H groups in total. The Labute approximate surface area is 116 Å². The van der Waals surface area contributed by atoms with Gasteiger partial charge in [0.25, 0.3) is 0 Å². The van der Waals surface area contributed by atoms with Gasteiger partial charge in [-0.1, -0.05) is 13.8 Å². The zero-order valence-electron chi connectivity index (χ0n) is 12.0. The zero-order chi connectivity index (χ0) is 13.7. The fourth-order valence-electron chi connectivity index (χ4n) is 2.56. The van der Waals surface area contributed by atoms with Crippen LogP contribution < -0.4 is 0 Å². The van der Waals surface area contributed by atoms with E-state index in [0.29, 0.717) is 18.5 Å². The summed E-state index contributed by atoms with van der Waals surface area (Å²) in [7, 11) is 0. The van der Waals surface area contributed by atoms with Crippen LogP contribution in [0.5, 0.6) is 0 Å². The first-order valence-electron chi connectivity index (χ1n) is 7.43. The van der Waals surface area contributed by atoms with Crippen LogP contribution in [-0.2, 0) is 6.54 Å². The first-order chi connectivity index (χ1) is 9.28. The number of aromatic nitrogens is 2. The summed E-state index contributed by atoms with van der Waals surface area (Å²) in [6, 6.07) is 5.57. The Kier molecular flexibility index (Phi) is 4.98. The number of nitrogens with zero attached hydrogens (tertiary/aromatic N) is 4. The number of nitriles is 1. The summed E-state index contributed by atoms with van der Waals surface area (Å²) in [5, 5.41) is 13.4. The maximum atomic E-state index is 8.73. The van der Waals surface area contributed by atoms with E-state index in [2.05, 4.69) is 41.8 Å². The van der Waals surface area contributed by atoms with Crippen molar-refractivity contribution in [2.75, 3.05) is 6.54 Å². The predicted octanol–water partition coefficient (Wildman–Crippen LogP) is 3.12. The van der Waals surface area contributed by atoms with Crippen molar-refractivity contribution in [1.29, 1.82) is 5.26 Å². The number of rotatable bonds is 8. The van der Waals surface area contributed by atoms with Gasteiger partial charge < -0.3 is 0 Å². The lowest BCUT2D eigenvalue weighted by molar-refractivity contribution is 0.256. The summed E-state index contributed by atoms with van der Waals surface area (Å²) in [5.74, 6) is 0. The highest BCUT2D eigenvalue weighted by Gasteiger charge is 2.29. The van der Waals surface area contributed by atoms with Gasteiger partial charge in [-0.3, -0.25) is 9.58 Å². The van der Waals surface area contributed by atoms with Crippen molar-refractivity contribution in [3.8, 4) is 6.07 Å². The summed E-state index contributed by atoms with van der Waals surface area (Å²) in [4.78, 5) is 2.41. The molecule has 0 unspecified atom stereocenters. The maximum absolute atomic E-state index is 8.73. The van der Waals surface area contributed by atoms with Gasteiger partial charge in [-0.05, 0) is 31.7 Å². The molecular weight excluding hydrogens is 236 g/mol. The molecule has 0 saturated heterocycles. The summed E-state index contributed by atoms with van der Waals surface area (Å²) in [6.45, 7) is 6.18. The molecule has 0 spiro atoms. The summed E-state index contributed by atoms with van der Waals surface area (Å²) >= 11 is 0. The molecule has 19 heavy (non-hydrogen) atoms. The molecule has 0 atom stereocenters. The molecule has 1 heterocycles. The van der Waals surface area contributed by atoms with Gasteiger partial charge in [-0.25, -0.2) is 0 Å². The highest BCUT2D eigenvalue weighted by atomic mass is 15.3. The Morgan fingerprint density at radius 1 is 1.47 bits per heavy atom. The van der Waals surface area contributed by atoms with Crippen LogP contribution in [0.4, 0.5) is 0 Å². The Bertz CT molecular complexity index is 424. The first-order valence-corrected chi connectivity index (χ1v) is 7.43. The second-order valence-electron chi connectivity index (χ2n) is 5.37. The molecular formula is C15H24N4. The molecule has 2 rings (SSSR count). The summed E-state index contributed by atoms with van der Waals surface area (Å²) in [5.41, 5.74) is 1.14. The predicted molar refractivity (Wildman–Crippen MR) is 75.5 cm³/mol. The number of hydrogen-bond acceptors (Lipinski definition) is 3. The molecule has 104 valence electrons. The third-order valence-corrected chi connectivity index (χ3v) is 3.92. The van der Waals surface area contributed by atoms with E-state index >= 15 is 0 Å². The lowest BCUT2D eigenvalue weighted by Gasteiger charge is -2.19. The van der Waals surface area contributed by atoms with Gasteiger partial charge in [-0.2, -0.15) is 10.4 Å². The molecule has 0 amide bonds. The fourth-order valence-corrected chi connectivity index (χ4v) is 2.56. The smallest absolute Gasteiger partial charge is 0.0765 e. The van der Waals surface area contributed by atoms with Gasteiger partial charge >= 0.3 is 0 Å². The third-order valence-electron chi connectivity index (χ3n) is 3.92. The van der Waals surface area contributed by atoms with E-state index in [-0.39, 0.29) is 0 Å². The highest BCUT2D eigenvalue weighted by molar-refractivity contribution is 5.01. The van der Waals surface area contributed by atoms with Crippen LogP contribution in [0, 0.1) is 11.3 Å². The van der Waals surface area contributed by atoms with Gasteiger partial charge in [0.1, 0.15) is 0 Å². The molecule has 4 heteroatoms. The van der Waals surface area contributed by atoms with Gasteiger partial charge in [0.15, 0.2) is 0 Å². The van der Waals surface area contributed by atoms with Crippen molar-refractivity contribution < 1.29 is 0 Å². The lowest BCUT2D eigenvalue weighted by atomic mass is 10.2. The molecule has 1 aromatic heterocycles. The Morgan fingerprint density at radius 2 is 2.21 bits per heavy atom. The summed E-state index contributed by atoms with van der Waals surface area (Å²) < 4.78 is 2.10. The Morgan fingerprint density at radius 3 is 2.79 bits per heavy atom. The molecule has 0 radical (unpaired) electrons. The van der Waals surface area contributed by atoms with E-state index in [1.165, 1.54) is 12.8 Å². The molecule has 1 aliphatic carbocycles. The molecule has 1 fully saturated rings. The van der Waals surface area contributed by atoms with E-state index in [1.54, 1.807) is 0 Å². The average Bonchev–Trinajstić information content (AvgIpc) is 3.17. The largest absolute Gasteiger partial charge is 0.293 e. The maximum Gasteiger partial charge on any atom is 0.0765 e. The second kappa shape index (κ2) is 6.72. The quantitative estimate of drug-likeness (QED) is 0.721. The van der Waals surface area contributed by atoms with Crippen LogP contribution in [0.25, 0.3) is 0 Å². The SMILES string of the molecule is CCC(CC)n1ccc(CN(CCC#N)C2CC2)n1. The highest BCUT2D eigenvalue weighted by Crippen LogP contribution is 2.28. The monoisotopic (exact) mass is 260 g/mol. The molecule has 0 aliphatic heterocycles. The van der Waals surface area contributed by atoms with E-state index in [1.807, 2.05) is 0 Å². The van der Waals surface area contributed by atoms with Crippen LogP contribution in [-0.4, -0.2) is 27.3 Å². The molecule has 4 nitrogen and oxygen atoms in total. The molecule has 1 saturated carbocycles. The van der Waals surface area contributed by atoms with Crippen LogP contribution >= 0.6 is 0 Å². The van der Waals surface area contributed by atoms with Gasteiger partial charge in [0.05, 0.1) is 17.8 Å². The van der Waals surface area contributed by atoms with Gasteiger partial charge in [0.2, 0.25) is 0 Å². The normalized spacial score (nSPS) is 15.1. The van der Waals surface area contributed by atoms with Crippen molar-refractivity contribution in [3.05, 3.63) is 18.0 Å². The standard InChI is InChI=1S/C15H24N4/c1-3-14(4-2)19-11-8-13(17-19)12-18(10-5-9-16)15-6-7-15/h8,11,14-15H,3-7,10,12H2,1-2H3. The van der Waals surface area contributed by atoms with Crippen molar-refractivity contribution in [3.63, 3.8) is 0 Å². The Hall–Kier alpha value is -1.34. The minimum atomic E-state index is 0.516. The van der Waals surface area contributed by atoms with Crippen LogP contribution in [0.15, 0.2) is 12.3 Å². The van der Waals surface area contributed by atoms with Crippen molar-refractivity contribution in [1.82, 2.24) is 14.7 Å². The topological polar surface area (TPSA) is 44.9 Å².